The van der Waals surface area contributed by atoms with Crippen LogP contribution in [0, 0.1) is 5.92 Å². The maximum absolute atomic E-state index is 4.60. The zero-order valence-corrected chi connectivity index (χ0v) is 13.1. The van der Waals surface area contributed by atoms with E-state index in [0.717, 1.165) is 31.9 Å². The van der Waals surface area contributed by atoms with Crippen molar-refractivity contribution in [2.45, 2.75) is 53.6 Å². The molecule has 0 aliphatic carbocycles. The molecule has 1 atom stereocenters. The van der Waals surface area contributed by atoms with Gasteiger partial charge in [-0.25, -0.2) is 4.98 Å². The highest BCUT2D eigenvalue weighted by molar-refractivity contribution is 5.47. The van der Waals surface area contributed by atoms with Crippen LogP contribution in [0.25, 0.3) is 0 Å². The fraction of sp³-hybridized carbons (Fsp3) is 0.688. The van der Waals surface area contributed by atoms with E-state index < -0.39 is 0 Å². The van der Waals surface area contributed by atoms with Crippen LogP contribution in [0.1, 0.15) is 46.6 Å². The Morgan fingerprint density at radius 1 is 1.26 bits per heavy atom. The van der Waals surface area contributed by atoms with Crippen molar-refractivity contribution in [3.05, 3.63) is 23.9 Å². The molecule has 19 heavy (non-hydrogen) atoms. The number of nitrogens with zero attached hydrogens (tertiary/aromatic N) is 2. The summed E-state index contributed by atoms with van der Waals surface area (Å²) in [5.74, 6) is 1.81. The van der Waals surface area contributed by atoms with Crippen molar-refractivity contribution in [2.75, 3.05) is 18.0 Å². The molecule has 0 amide bonds. The minimum Gasteiger partial charge on any atom is -0.354 e. The van der Waals surface area contributed by atoms with E-state index in [0.29, 0.717) is 12.0 Å². The average molecular weight is 263 g/mol. The number of aromatic nitrogens is 1. The van der Waals surface area contributed by atoms with Crippen molar-refractivity contribution in [3.8, 4) is 0 Å². The smallest absolute Gasteiger partial charge is 0.133 e. The van der Waals surface area contributed by atoms with E-state index in [2.05, 4.69) is 55.9 Å². The normalized spacial score (nSPS) is 12.7. The second-order valence-corrected chi connectivity index (χ2v) is 5.55. The molecule has 108 valence electrons. The van der Waals surface area contributed by atoms with Crippen molar-refractivity contribution in [2.24, 2.45) is 5.92 Å². The number of pyridine rings is 1. The lowest BCUT2D eigenvalue weighted by Crippen LogP contribution is -2.34. The van der Waals surface area contributed by atoms with Crippen molar-refractivity contribution >= 4 is 5.82 Å². The number of hydrogen-bond acceptors (Lipinski definition) is 3. The van der Waals surface area contributed by atoms with Crippen molar-refractivity contribution < 1.29 is 0 Å². The number of hydrogen-bond donors (Lipinski definition) is 1. The van der Waals surface area contributed by atoms with Crippen LogP contribution in [0.4, 0.5) is 5.82 Å². The van der Waals surface area contributed by atoms with Crippen LogP contribution >= 0.6 is 0 Å². The molecule has 1 rings (SSSR count). The summed E-state index contributed by atoms with van der Waals surface area (Å²) < 4.78 is 0. The molecule has 0 aliphatic rings. The summed E-state index contributed by atoms with van der Waals surface area (Å²) in [4.78, 5) is 7.00. The molecule has 0 bridgehead atoms. The number of anilines is 1. The molecular formula is C16H29N3. The Hall–Kier alpha value is -1.09. The van der Waals surface area contributed by atoms with Gasteiger partial charge in [-0.05, 0) is 38.8 Å². The van der Waals surface area contributed by atoms with E-state index in [1.807, 2.05) is 12.3 Å². The lowest BCUT2D eigenvalue weighted by atomic mass is 10.1. The Labute approximate surface area is 118 Å². The van der Waals surface area contributed by atoms with E-state index in [-0.39, 0.29) is 0 Å². The zero-order valence-electron chi connectivity index (χ0n) is 13.1. The molecule has 0 spiro atoms. The van der Waals surface area contributed by atoms with Gasteiger partial charge in [-0.15, -0.1) is 0 Å². The maximum Gasteiger partial charge on any atom is 0.133 e. The molecule has 0 saturated heterocycles. The summed E-state index contributed by atoms with van der Waals surface area (Å²) in [6, 6.07) is 4.74. The molecule has 0 fully saturated rings. The van der Waals surface area contributed by atoms with Gasteiger partial charge < -0.3 is 10.2 Å². The van der Waals surface area contributed by atoms with Crippen molar-refractivity contribution in [3.63, 3.8) is 0 Å². The van der Waals surface area contributed by atoms with E-state index in [1.54, 1.807) is 0 Å². The Bertz CT molecular complexity index is 363. The Morgan fingerprint density at radius 2 is 2.00 bits per heavy atom. The lowest BCUT2D eigenvalue weighted by Gasteiger charge is -2.30. The van der Waals surface area contributed by atoms with Crippen LogP contribution in [0.3, 0.4) is 0 Å². The Morgan fingerprint density at radius 3 is 2.58 bits per heavy atom. The summed E-state index contributed by atoms with van der Waals surface area (Å²) in [5.41, 5.74) is 1.30. The van der Waals surface area contributed by atoms with E-state index in [4.69, 9.17) is 0 Å². The molecule has 3 nitrogen and oxygen atoms in total. The van der Waals surface area contributed by atoms with Crippen LogP contribution in [0.5, 0.6) is 0 Å². The van der Waals surface area contributed by atoms with Crippen LogP contribution in [-0.4, -0.2) is 24.1 Å². The summed E-state index contributed by atoms with van der Waals surface area (Å²) in [6.45, 7) is 14.1. The first kappa shape index (κ1) is 16.0. The van der Waals surface area contributed by atoms with E-state index in [1.165, 1.54) is 5.56 Å². The predicted octanol–water partition coefficient (Wildman–Crippen LogP) is 3.45. The Balaban J connectivity index is 2.81. The van der Waals surface area contributed by atoms with Gasteiger partial charge in [0.15, 0.2) is 0 Å². The third-order valence-electron chi connectivity index (χ3n) is 3.47. The second-order valence-electron chi connectivity index (χ2n) is 5.55. The van der Waals surface area contributed by atoms with Gasteiger partial charge in [0.2, 0.25) is 0 Å². The first-order chi connectivity index (χ1) is 9.10. The number of nitrogens with one attached hydrogen (secondary N) is 1. The van der Waals surface area contributed by atoms with Crippen LogP contribution in [-0.2, 0) is 6.54 Å². The van der Waals surface area contributed by atoms with Crippen LogP contribution < -0.4 is 10.2 Å². The van der Waals surface area contributed by atoms with Crippen molar-refractivity contribution in [1.82, 2.24) is 10.3 Å². The molecule has 1 N–H and O–H groups in total. The van der Waals surface area contributed by atoms with Gasteiger partial charge in [-0.1, -0.05) is 26.8 Å². The third kappa shape index (κ3) is 4.83. The number of rotatable bonds is 8. The average Bonchev–Trinajstić information content (AvgIpc) is 2.40. The molecule has 0 aromatic carbocycles. The molecule has 0 aliphatic heterocycles. The SMILES string of the molecule is CCC(C)N(CC)c1ncccc1CNCC(C)C. The fourth-order valence-corrected chi connectivity index (χ4v) is 2.21. The predicted molar refractivity (Wildman–Crippen MR) is 83.6 cm³/mol. The third-order valence-corrected chi connectivity index (χ3v) is 3.47. The molecular weight excluding hydrogens is 234 g/mol. The molecule has 0 radical (unpaired) electrons. The summed E-state index contributed by atoms with van der Waals surface area (Å²) in [6.07, 6.45) is 3.04. The van der Waals surface area contributed by atoms with Gasteiger partial charge in [0.25, 0.3) is 0 Å². The minimum atomic E-state index is 0.531. The summed E-state index contributed by atoms with van der Waals surface area (Å²) in [7, 11) is 0. The van der Waals surface area contributed by atoms with Gasteiger partial charge in [0.1, 0.15) is 5.82 Å². The van der Waals surface area contributed by atoms with Crippen molar-refractivity contribution in [1.29, 1.82) is 0 Å². The zero-order chi connectivity index (χ0) is 14.3. The largest absolute Gasteiger partial charge is 0.354 e. The van der Waals surface area contributed by atoms with Gasteiger partial charge in [-0.3, -0.25) is 0 Å². The monoisotopic (exact) mass is 263 g/mol. The summed E-state index contributed by atoms with van der Waals surface area (Å²) >= 11 is 0. The molecule has 0 saturated carbocycles. The van der Waals surface area contributed by atoms with E-state index >= 15 is 0 Å². The first-order valence-electron chi connectivity index (χ1n) is 7.51. The maximum atomic E-state index is 4.60. The van der Waals surface area contributed by atoms with Gasteiger partial charge in [0, 0.05) is 30.9 Å². The highest BCUT2D eigenvalue weighted by Gasteiger charge is 2.15. The van der Waals surface area contributed by atoms with E-state index in [9.17, 15) is 0 Å². The van der Waals surface area contributed by atoms with Gasteiger partial charge in [-0.2, -0.15) is 0 Å². The molecule has 3 heteroatoms. The molecule has 1 unspecified atom stereocenters. The highest BCUT2D eigenvalue weighted by atomic mass is 15.2. The second kappa shape index (κ2) is 8.16. The van der Waals surface area contributed by atoms with Gasteiger partial charge >= 0.3 is 0 Å². The summed E-state index contributed by atoms with van der Waals surface area (Å²) in [5, 5.41) is 3.51. The topological polar surface area (TPSA) is 28.2 Å². The highest BCUT2D eigenvalue weighted by Crippen LogP contribution is 2.20. The van der Waals surface area contributed by atoms with Gasteiger partial charge in [0.05, 0.1) is 0 Å². The van der Waals surface area contributed by atoms with Crippen LogP contribution in [0.15, 0.2) is 18.3 Å². The lowest BCUT2D eigenvalue weighted by molar-refractivity contribution is 0.549. The fourth-order valence-electron chi connectivity index (χ4n) is 2.21. The van der Waals surface area contributed by atoms with Crippen LogP contribution in [0.2, 0.25) is 0 Å². The molecule has 1 heterocycles. The standard InChI is InChI=1S/C16H29N3/c1-6-14(5)19(7-2)16-15(9-8-10-18-16)12-17-11-13(3)4/h8-10,13-14,17H,6-7,11-12H2,1-5H3. The molecule has 1 aromatic rings. The minimum absolute atomic E-state index is 0.531. The quantitative estimate of drug-likeness (QED) is 0.778. The molecule has 1 aromatic heterocycles. The Kier molecular flexibility index (Phi) is 6.85. The first-order valence-corrected chi connectivity index (χ1v) is 7.51.